The summed E-state index contributed by atoms with van der Waals surface area (Å²) in [6, 6.07) is 14.8. The van der Waals surface area contributed by atoms with Crippen molar-refractivity contribution in [1.29, 1.82) is 0 Å². The van der Waals surface area contributed by atoms with Gasteiger partial charge in [0, 0.05) is 28.4 Å². The van der Waals surface area contributed by atoms with Crippen molar-refractivity contribution in [1.82, 2.24) is 4.57 Å². The molecule has 0 aliphatic carbocycles. The summed E-state index contributed by atoms with van der Waals surface area (Å²) < 4.78 is 8.19. The summed E-state index contributed by atoms with van der Waals surface area (Å²) in [5.41, 5.74) is 2.52. The Labute approximate surface area is 157 Å². The Morgan fingerprint density at radius 1 is 0.885 bits per heavy atom. The zero-order chi connectivity index (χ0) is 18.4. The fourth-order valence-electron chi connectivity index (χ4n) is 3.65. The van der Waals surface area contributed by atoms with Gasteiger partial charge in [-0.05, 0) is 37.0 Å². The molecule has 0 aliphatic heterocycles. The van der Waals surface area contributed by atoms with Crippen LogP contribution in [-0.4, -0.2) is 16.7 Å². The second-order valence-electron chi connectivity index (χ2n) is 7.12. The predicted molar refractivity (Wildman–Crippen MR) is 112 cm³/mol. The molecule has 1 N–H and O–H groups in total. The number of rotatable bonds is 10. The number of hydrogen-bond donors (Lipinski definition) is 1. The molecule has 0 saturated heterocycles. The molecule has 0 saturated carbocycles. The van der Waals surface area contributed by atoms with Gasteiger partial charge in [0.25, 0.3) is 0 Å². The average Bonchev–Trinajstić information content (AvgIpc) is 2.96. The van der Waals surface area contributed by atoms with Crippen LogP contribution in [0.5, 0.6) is 5.75 Å². The van der Waals surface area contributed by atoms with Crippen molar-refractivity contribution in [3.8, 4) is 5.75 Å². The van der Waals surface area contributed by atoms with Gasteiger partial charge in [0.2, 0.25) is 0 Å². The van der Waals surface area contributed by atoms with Gasteiger partial charge in [-0.25, -0.2) is 0 Å². The molecule has 4 heteroatoms. The maximum Gasteiger partial charge on any atom is 0.522 e. The molecule has 0 bridgehead atoms. The number of aromatic nitrogens is 1. The molecule has 0 fully saturated rings. The molecule has 2 aromatic carbocycles. The third-order valence-corrected chi connectivity index (χ3v) is 5.06. The molecular weight excluding hydrogens is 321 g/mol. The van der Waals surface area contributed by atoms with Crippen LogP contribution in [0.25, 0.3) is 21.8 Å². The highest BCUT2D eigenvalue weighted by Crippen LogP contribution is 2.32. The van der Waals surface area contributed by atoms with E-state index in [0.29, 0.717) is 6.32 Å². The minimum Gasteiger partial charge on any atom is -0.536 e. The predicted octanol–water partition coefficient (Wildman–Crippen LogP) is 6.03. The van der Waals surface area contributed by atoms with E-state index in [9.17, 15) is 5.02 Å². The van der Waals surface area contributed by atoms with Crippen LogP contribution < -0.4 is 4.65 Å². The summed E-state index contributed by atoms with van der Waals surface area (Å²) in [4.78, 5) is 0. The summed E-state index contributed by atoms with van der Waals surface area (Å²) in [5.74, 6) is 0.748. The largest absolute Gasteiger partial charge is 0.536 e. The van der Waals surface area contributed by atoms with E-state index in [1.165, 1.54) is 41.1 Å². The molecule has 0 aliphatic rings. The van der Waals surface area contributed by atoms with E-state index in [0.717, 1.165) is 31.6 Å². The highest BCUT2D eigenvalue weighted by atomic mass is 16.5. The van der Waals surface area contributed by atoms with Gasteiger partial charge in [0.05, 0.1) is 0 Å². The van der Waals surface area contributed by atoms with Crippen LogP contribution in [-0.2, 0) is 6.54 Å². The van der Waals surface area contributed by atoms with Gasteiger partial charge < -0.3 is 14.2 Å². The van der Waals surface area contributed by atoms with Gasteiger partial charge in [-0.1, -0.05) is 64.2 Å². The van der Waals surface area contributed by atoms with Crippen molar-refractivity contribution in [3.05, 3.63) is 42.5 Å². The molecule has 0 unspecified atom stereocenters. The SMILES string of the molecule is CCCCCB(O)Oc1ccc2c(c1)c1ccccc1n2CCCCC. The smallest absolute Gasteiger partial charge is 0.522 e. The Balaban J connectivity index is 1.88. The number of aryl methyl sites for hydroxylation is 1. The number of fused-ring (bicyclic) bond motifs is 3. The maximum atomic E-state index is 10.1. The summed E-state index contributed by atoms with van der Waals surface area (Å²) >= 11 is 0. The molecule has 1 heterocycles. The first-order chi connectivity index (χ1) is 12.7. The van der Waals surface area contributed by atoms with Gasteiger partial charge in [-0.3, -0.25) is 0 Å². The fraction of sp³-hybridized carbons (Fsp3) is 0.455. The second kappa shape index (κ2) is 9.13. The molecule has 0 radical (unpaired) electrons. The van der Waals surface area contributed by atoms with Gasteiger partial charge in [0.1, 0.15) is 5.75 Å². The highest BCUT2D eigenvalue weighted by Gasteiger charge is 2.16. The van der Waals surface area contributed by atoms with Crippen LogP contribution in [0.3, 0.4) is 0 Å². The quantitative estimate of drug-likeness (QED) is 0.357. The van der Waals surface area contributed by atoms with Crippen LogP contribution >= 0.6 is 0 Å². The first-order valence-corrected chi connectivity index (χ1v) is 10.1. The molecule has 26 heavy (non-hydrogen) atoms. The van der Waals surface area contributed by atoms with E-state index in [2.05, 4.69) is 54.8 Å². The van der Waals surface area contributed by atoms with Gasteiger partial charge in [0.15, 0.2) is 0 Å². The van der Waals surface area contributed by atoms with Crippen LogP contribution in [0, 0.1) is 0 Å². The third-order valence-electron chi connectivity index (χ3n) is 5.06. The first kappa shape index (κ1) is 18.8. The molecule has 3 aromatic rings. The number of para-hydroxylation sites is 1. The van der Waals surface area contributed by atoms with E-state index in [4.69, 9.17) is 4.65 Å². The number of unbranched alkanes of at least 4 members (excludes halogenated alkanes) is 4. The van der Waals surface area contributed by atoms with Gasteiger partial charge in [-0.15, -0.1) is 0 Å². The van der Waals surface area contributed by atoms with Crippen molar-refractivity contribution < 1.29 is 9.68 Å². The zero-order valence-corrected chi connectivity index (χ0v) is 16.1. The van der Waals surface area contributed by atoms with E-state index < -0.39 is 7.12 Å². The lowest BCUT2D eigenvalue weighted by Gasteiger charge is -2.11. The summed E-state index contributed by atoms with van der Waals surface area (Å²) in [6.45, 7) is 5.44. The Bertz CT molecular complexity index is 843. The van der Waals surface area contributed by atoms with Crippen LogP contribution in [0.15, 0.2) is 42.5 Å². The highest BCUT2D eigenvalue weighted by molar-refractivity contribution is 6.43. The molecular formula is C22H30BNO2. The summed E-state index contributed by atoms with van der Waals surface area (Å²) in [7, 11) is -0.725. The van der Waals surface area contributed by atoms with Crippen molar-refractivity contribution in [2.24, 2.45) is 0 Å². The Morgan fingerprint density at radius 3 is 2.42 bits per heavy atom. The van der Waals surface area contributed by atoms with E-state index in [-0.39, 0.29) is 0 Å². The standard InChI is InChI=1S/C22H30BNO2/c1-3-5-9-15-23(25)26-18-13-14-22-20(17-18)19-11-7-8-12-21(19)24(22)16-10-6-4-2/h7-8,11-14,17,25H,3-6,9-10,15-16H2,1-2H3. The molecule has 0 amide bonds. The second-order valence-corrected chi connectivity index (χ2v) is 7.12. The summed E-state index contributed by atoms with van der Waals surface area (Å²) in [5, 5.41) is 12.6. The molecule has 3 nitrogen and oxygen atoms in total. The summed E-state index contributed by atoms with van der Waals surface area (Å²) in [6.07, 6.45) is 7.63. The number of benzene rings is 2. The fourth-order valence-corrected chi connectivity index (χ4v) is 3.65. The minimum atomic E-state index is -0.725. The molecule has 1 aromatic heterocycles. The third kappa shape index (κ3) is 4.24. The molecule has 3 rings (SSSR count). The normalized spacial score (nSPS) is 11.3. The minimum absolute atomic E-state index is 0.685. The van der Waals surface area contributed by atoms with Crippen molar-refractivity contribution in [2.75, 3.05) is 0 Å². The van der Waals surface area contributed by atoms with Crippen molar-refractivity contribution in [2.45, 2.75) is 65.2 Å². The molecule has 0 atom stereocenters. The maximum absolute atomic E-state index is 10.1. The lowest BCUT2D eigenvalue weighted by Crippen LogP contribution is -2.21. The van der Waals surface area contributed by atoms with Crippen LogP contribution in [0.4, 0.5) is 0 Å². The van der Waals surface area contributed by atoms with Gasteiger partial charge in [-0.2, -0.15) is 0 Å². The number of nitrogens with zero attached hydrogens (tertiary/aromatic N) is 1. The lowest BCUT2D eigenvalue weighted by molar-refractivity contribution is 0.410. The number of hydrogen-bond acceptors (Lipinski definition) is 2. The van der Waals surface area contributed by atoms with E-state index in [1.54, 1.807) is 0 Å². The van der Waals surface area contributed by atoms with Gasteiger partial charge >= 0.3 is 7.12 Å². The Hall–Kier alpha value is -1.94. The van der Waals surface area contributed by atoms with Crippen LogP contribution in [0.1, 0.15) is 52.4 Å². The van der Waals surface area contributed by atoms with Crippen molar-refractivity contribution in [3.63, 3.8) is 0 Å². The average molecular weight is 351 g/mol. The Kier molecular flexibility index (Phi) is 6.62. The first-order valence-electron chi connectivity index (χ1n) is 10.1. The molecule has 138 valence electrons. The van der Waals surface area contributed by atoms with Crippen LogP contribution in [0.2, 0.25) is 6.32 Å². The van der Waals surface area contributed by atoms with Crippen molar-refractivity contribution >= 4 is 28.9 Å². The zero-order valence-electron chi connectivity index (χ0n) is 16.1. The topological polar surface area (TPSA) is 34.4 Å². The Morgan fingerprint density at radius 2 is 1.62 bits per heavy atom. The monoisotopic (exact) mass is 351 g/mol. The van der Waals surface area contributed by atoms with E-state index in [1.807, 2.05) is 6.07 Å². The van der Waals surface area contributed by atoms with E-state index >= 15 is 0 Å². The molecule has 0 spiro atoms. The lowest BCUT2D eigenvalue weighted by atomic mass is 9.82.